The number of hydrogen-bond acceptors (Lipinski definition) is 2. The maximum atomic E-state index is 11.3. The van der Waals surface area contributed by atoms with Crippen molar-refractivity contribution in [2.75, 3.05) is 5.32 Å². The summed E-state index contributed by atoms with van der Waals surface area (Å²) in [6.45, 7) is 3.08. The van der Waals surface area contributed by atoms with Crippen molar-refractivity contribution in [2.45, 2.75) is 20.5 Å². The van der Waals surface area contributed by atoms with Crippen LogP contribution in [-0.4, -0.2) is 15.6 Å². The molecule has 0 atom stereocenters. The van der Waals surface area contributed by atoms with Gasteiger partial charge in [0.1, 0.15) is 5.82 Å². The number of carbonyl (C=O) groups is 1. The molecule has 2 N–H and O–H groups in total. The van der Waals surface area contributed by atoms with Gasteiger partial charge in [0.15, 0.2) is 0 Å². The number of aromatic nitrogens is 1. The molecular formula is C14H14Cl2N2O2. The summed E-state index contributed by atoms with van der Waals surface area (Å²) in [7, 11) is 0. The van der Waals surface area contributed by atoms with Gasteiger partial charge in [-0.15, -0.1) is 0 Å². The zero-order valence-corrected chi connectivity index (χ0v) is 12.6. The topological polar surface area (TPSA) is 54.3 Å². The molecule has 0 radical (unpaired) electrons. The Morgan fingerprint density at radius 1 is 1.35 bits per heavy atom. The van der Waals surface area contributed by atoms with E-state index in [0.717, 1.165) is 5.56 Å². The number of amides is 1. The van der Waals surface area contributed by atoms with Gasteiger partial charge in [-0.25, -0.2) is 0 Å². The number of benzene rings is 1. The molecule has 2 aromatic rings. The highest BCUT2D eigenvalue weighted by Gasteiger charge is 2.15. The molecule has 0 fully saturated rings. The largest absolute Gasteiger partial charge is 0.392 e. The average molecular weight is 313 g/mol. The highest BCUT2D eigenvalue weighted by Crippen LogP contribution is 2.33. The lowest BCUT2D eigenvalue weighted by molar-refractivity contribution is -0.114. The van der Waals surface area contributed by atoms with E-state index in [0.29, 0.717) is 27.1 Å². The van der Waals surface area contributed by atoms with E-state index in [1.165, 1.54) is 6.92 Å². The fraction of sp³-hybridized carbons (Fsp3) is 0.214. The lowest BCUT2D eigenvalue weighted by atomic mass is 10.2. The average Bonchev–Trinajstić information content (AvgIpc) is 2.72. The minimum Gasteiger partial charge on any atom is -0.392 e. The van der Waals surface area contributed by atoms with Gasteiger partial charge in [-0.05, 0) is 30.7 Å². The summed E-state index contributed by atoms with van der Waals surface area (Å²) in [5.74, 6) is 0.478. The van der Waals surface area contributed by atoms with E-state index in [4.69, 9.17) is 23.2 Å². The van der Waals surface area contributed by atoms with Gasteiger partial charge in [0.2, 0.25) is 5.91 Å². The Morgan fingerprint density at radius 3 is 2.65 bits per heavy atom. The number of hydrogen-bond donors (Lipinski definition) is 2. The standard InChI is InChI=1S/C14H14Cl2N2O2/c1-8-5-6-18(14(8)17-9(2)20)12-4-3-11(15)10(7-19)13(12)16/h3-6,19H,7H2,1-2H3,(H,17,20). The Balaban J connectivity index is 2.60. The molecule has 106 valence electrons. The third kappa shape index (κ3) is 2.68. The molecule has 1 aromatic heterocycles. The number of rotatable bonds is 3. The highest BCUT2D eigenvalue weighted by molar-refractivity contribution is 6.37. The highest BCUT2D eigenvalue weighted by atomic mass is 35.5. The van der Waals surface area contributed by atoms with Crippen molar-refractivity contribution < 1.29 is 9.90 Å². The van der Waals surface area contributed by atoms with Crippen molar-refractivity contribution in [1.29, 1.82) is 0 Å². The van der Waals surface area contributed by atoms with Gasteiger partial charge < -0.3 is 15.0 Å². The summed E-state index contributed by atoms with van der Waals surface area (Å²) >= 11 is 12.3. The molecule has 2 rings (SSSR count). The molecule has 1 aromatic carbocycles. The minimum absolute atomic E-state index is 0.166. The number of halogens is 2. The van der Waals surface area contributed by atoms with Crippen LogP contribution in [0.2, 0.25) is 10.0 Å². The van der Waals surface area contributed by atoms with Gasteiger partial charge in [-0.3, -0.25) is 4.79 Å². The smallest absolute Gasteiger partial charge is 0.222 e. The monoisotopic (exact) mass is 312 g/mol. The van der Waals surface area contributed by atoms with E-state index in [-0.39, 0.29) is 12.5 Å². The first-order valence-electron chi connectivity index (χ1n) is 5.99. The van der Waals surface area contributed by atoms with E-state index in [1.807, 2.05) is 13.0 Å². The van der Waals surface area contributed by atoms with E-state index in [2.05, 4.69) is 5.32 Å². The first-order chi connectivity index (χ1) is 9.45. The van der Waals surface area contributed by atoms with Gasteiger partial charge in [0.05, 0.1) is 17.3 Å². The van der Waals surface area contributed by atoms with Crippen molar-refractivity contribution >= 4 is 34.9 Å². The van der Waals surface area contributed by atoms with Crippen molar-refractivity contribution in [1.82, 2.24) is 4.57 Å². The summed E-state index contributed by atoms with van der Waals surface area (Å²) in [6, 6.07) is 5.28. The molecule has 0 saturated heterocycles. The fourth-order valence-electron chi connectivity index (χ4n) is 1.97. The molecule has 20 heavy (non-hydrogen) atoms. The lowest BCUT2D eigenvalue weighted by Gasteiger charge is -2.15. The Morgan fingerprint density at radius 2 is 2.05 bits per heavy atom. The number of aliphatic hydroxyl groups is 1. The number of aliphatic hydroxyl groups excluding tert-OH is 1. The number of anilines is 1. The Hall–Kier alpha value is -1.49. The molecule has 0 saturated carbocycles. The van der Waals surface area contributed by atoms with Crippen LogP contribution < -0.4 is 5.32 Å². The predicted octanol–water partition coefficient (Wildman–Crippen LogP) is 3.54. The predicted molar refractivity (Wildman–Crippen MR) is 80.8 cm³/mol. The van der Waals surface area contributed by atoms with Crippen molar-refractivity contribution in [3.05, 3.63) is 45.6 Å². The Labute approximate surface area is 126 Å². The minimum atomic E-state index is -0.249. The number of nitrogens with zero attached hydrogens (tertiary/aromatic N) is 1. The van der Waals surface area contributed by atoms with Crippen LogP contribution in [0.1, 0.15) is 18.1 Å². The molecule has 0 aliphatic carbocycles. The second kappa shape index (κ2) is 5.87. The molecule has 0 aliphatic heterocycles. The molecule has 0 aliphatic rings. The molecule has 1 amide bonds. The molecular weight excluding hydrogens is 299 g/mol. The second-order valence-electron chi connectivity index (χ2n) is 4.42. The van der Waals surface area contributed by atoms with E-state index in [1.54, 1.807) is 22.9 Å². The molecule has 0 unspecified atom stereocenters. The first kappa shape index (κ1) is 14.9. The van der Waals surface area contributed by atoms with Gasteiger partial charge >= 0.3 is 0 Å². The van der Waals surface area contributed by atoms with Crippen LogP contribution in [0.3, 0.4) is 0 Å². The van der Waals surface area contributed by atoms with Crippen LogP contribution in [0.15, 0.2) is 24.4 Å². The molecule has 1 heterocycles. The van der Waals surface area contributed by atoms with Crippen LogP contribution in [0.25, 0.3) is 5.69 Å². The zero-order chi connectivity index (χ0) is 14.9. The van der Waals surface area contributed by atoms with Gasteiger partial charge in [0, 0.05) is 23.7 Å². The van der Waals surface area contributed by atoms with Crippen molar-refractivity contribution in [3.63, 3.8) is 0 Å². The molecule has 0 bridgehead atoms. The maximum Gasteiger partial charge on any atom is 0.222 e. The maximum absolute atomic E-state index is 11.3. The summed E-state index contributed by atoms with van der Waals surface area (Å²) < 4.78 is 1.76. The van der Waals surface area contributed by atoms with Crippen LogP contribution in [0.4, 0.5) is 5.82 Å². The van der Waals surface area contributed by atoms with Crippen LogP contribution >= 0.6 is 23.2 Å². The van der Waals surface area contributed by atoms with Crippen LogP contribution in [-0.2, 0) is 11.4 Å². The number of carbonyl (C=O) groups excluding carboxylic acids is 1. The SMILES string of the molecule is CC(=O)Nc1c(C)ccn1-c1ccc(Cl)c(CO)c1Cl. The van der Waals surface area contributed by atoms with Gasteiger partial charge in [-0.1, -0.05) is 23.2 Å². The van der Waals surface area contributed by atoms with E-state index in [9.17, 15) is 9.90 Å². The van der Waals surface area contributed by atoms with Crippen LogP contribution in [0, 0.1) is 6.92 Å². The quantitative estimate of drug-likeness (QED) is 0.910. The van der Waals surface area contributed by atoms with Crippen molar-refractivity contribution in [2.24, 2.45) is 0 Å². The summed E-state index contributed by atoms with van der Waals surface area (Å²) in [4.78, 5) is 11.3. The van der Waals surface area contributed by atoms with E-state index < -0.39 is 0 Å². The first-order valence-corrected chi connectivity index (χ1v) is 6.75. The molecule has 6 heteroatoms. The van der Waals surface area contributed by atoms with Crippen LogP contribution in [0.5, 0.6) is 0 Å². The fourth-order valence-corrected chi connectivity index (χ4v) is 2.55. The summed E-state index contributed by atoms with van der Waals surface area (Å²) in [6.07, 6.45) is 1.80. The number of aryl methyl sites for hydroxylation is 1. The Kier molecular flexibility index (Phi) is 4.38. The van der Waals surface area contributed by atoms with Crippen molar-refractivity contribution in [3.8, 4) is 5.69 Å². The second-order valence-corrected chi connectivity index (χ2v) is 5.20. The van der Waals surface area contributed by atoms with Gasteiger partial charge in [0.25, 0.3) is 0 Å². The summed E-state index contributed by atoms with van der Waals surface area (Å²) in [5.41, 5.74) is 2.03. The molecule has 4 nitrogen and oxygen atoms in total. The Bertz CT molecular complexity index is 665. The lowest BCUT2D eigenvalue weighted by Crippen LogP contribution is -2.11. The summed E-state index contributed by atoms with van der Waals surface area (Å²) in [5, 5.41) is 12.9. The van der Waals surface area contributed by atoms with Gasteiger partial charge in [-0.2, -0.15) is 0 Å². The zero-order valence-electron chi connectivity index (χ0n) is 11.1. The normalized spacial score (nSPS) is 10.7. The third-order valence-electron chi connectivity index (χ3n) is 2.97. The van der Waals surface area contributed by atoms with E-state index >= 15 is 0 Å². The molecule has 0 spiro atoms. The number of nitrogens with one attached hydrogen (secondary N) is 1. The third-order valence-corrected chi connectivity index (χ3v) is 3.74.